The van der Waals surface area contributed by atoms with E-state index >= 15 is 0 Å². The summed E-state index contributed by atoms with van der Waals surface area (Å²) < 4.78 is 24.1. The number of likely N-dealkylation sites (tertiary alicyclic amines) is 4. The van der Waals surface area contributed by atoms with Crippen molar-refractivity contribution < 1.29 is 58.0 Å². The molecule has 312 valence electrons. The minimum Gasteiger partial charge on any atom is -0.480 e. The highest BCUT2D eigenvalue weighted by atomic mass is 19.1. The lowest BCUT2D eigenvalue weighted by Crippen LogP contribution is -2.81. The largest absolute Gasteiger partial charge is 0.480 e. The van der Waals surface area contributed by atoms with Crippen LogP contribution in [0.1, 0.15) is 100 Å². The third-order valence-electron chi connectivity index (χ3n) is 11.2. The monoisotopic (exact) mass is 791 g/mol. The molecule has 0 saturated carbocycles. The summed E-state index contributed by atoms with van der Waals surface area (Å²) >= 11 is 0. The number of hydrogen-bond donors (Lipinski definition) is 4. The van der Waals surface area contributed by atoms with Crippen molar-refractivity contribution in [1.29, 1.82) is 0 Å². The smallest absolute Gasteiger partial charge is 0.411 e. The van der Waals surface area contributed by atoms with Gasteiger partial charge in [0.1, 0.15) is 34.1 Å². The van der Waals surface area contributed by atoms with Crippen molar-refractivity contribution >= 4 is 35.9 Å². The number of ether oxygens (including phenoxy) is 2. The summed E-state index contributed by atoms with van der Waals surface area (Å²) in [6, 6.07) is 1.98. The number of nitrogens with zero attached hydrogens (tertiary/aromatic N) is 4. The van der Waals surface area contributed by atoms with Gasteiger partial charge < -0.3 is 39.9 Å². The number of aliphatic hydroxyl groups is 2. The van der Waals surface area contributed by atoms with Crippen LogP contribution in [0.2, 0.25) is 0 Å². The standard InChI is InChI=1S/C23H32FN3O5.C16H26N2O6/c1-14-10-11-23(27(14)21(31)32-22(3,4)5)15(2)26(20(23)30)18(13-28)19(29)25-12-16-6-8-17(24)9-7-16;1-9-6-7-16(18(9)14(23)24-15(3,4)5)10(2)17(13(16)22)11(8-19)12(20)21/h6-9,14-15,18,28H,10-13H2,1-5H3,(H,25,29);9-11,19H,6-8H2,1-5H3,(H,20,21)/t14?,15?,18-,23?;9?,10?,11-,16?/m00/s1. The van der Waals surface area contributed by atoms with Crippen LogP contribution in [-0.2, 0) is 35.2 Å². The lowest BCUT2D eigenvalue weighted by Gasteiger charge is -2.58. The van der Waals surface area contributed by atoms with Crippen molar-refractivity contribution in [3.8, 4) is 0 Å². The molecular formula is C39H58FN5O11. The number of amides is 5. The number of benzene rings is 1. The van der Waals surface area contributed by atoms with Crippen LogP contribution in [0.5, 0.6) is 0 Å². The zero-order chi connectivity index (χ0) is 42.3. The molecule has 0 radical (unpaired) electrons. The van der Waals surface area contributed by atoms with Gasteiger partial charge in [0, 0.05) is 18.6 Å². The maximum Gasteiger partial charge on any atom is 0.411 e. The second-order valence-electron chi connectivity index (χ2n) is 17.2. The van der Waals surface area contributed by atoms with Crippen LogP contribution < -0.4 is 5.32 Å². The van der Waals surface area contributed by atoms with E-state index in [1.807, 2.05) is 13.8 Å². The first-order valence-electron chi connectivity index (χ1n) is 19.1. The number of carbonyl (C=O) groups excluding carboxylic acids is 5. The van der Waals surface area contributed by atoms with Gasteiger partial charge in [-0.3, -0.25) is 24.2 Å². The van der Waals surface area contributed by atoms with Gasteiger partial charge in [-0.25, -0.2) is 18.8 Å². The first-order chi connectivity index (χ1) is 25.9. The topological polar surface area (TPSA) is 207 Å². The van der Waals surface area contributed by atoms with Crippen molar-refractivity contribution in [3.05, 3.63) is 35.6 Å². The Bertz CT molecular complexity index is 1680. The van der Waals surface area contributed by atoms with Crippen LogP contribution in [0.25, 0.3) is 0 Å². The molecule has 4 fully saturated rings. The van der Waals surface area contributed by atoms with E-state index in [-0.39, 0.29) is 30.4 Å². The summed E-state index contributed by atoms with van der Waals surface area (Å²) in [5.74, 6) is -2.95. The molecule has 4 aliphatic rings. The van der Waals surface area contributed by atoms with Crippen LogP contribution >= 0.6 is 0 Å². The lowest BCUT2D eigenvalue weighted by molar-refractivity contribution is -0.185. The number of rotatable bonds is 8. The van der Waals surface area contributed by atoms with Crippen molar-refractivity contribution in [1.82, 2.24) is 24.9 Å². The van der Waals surface area contributed by atoms with Crippen molar-refractivity contribution in [2.24, 2.45) is 0 Å². The number of carboxylic acids is 1. The number of hydrogen-bond acceptors (Lipinski definition) is 10. The SMILES string of the molecule is CC1CCC2(C(=O)N([C@@H](CO)C(=O)NCc3ccc(F)cc3)C2C)N1C(=O)OC(C)(C)C.CC1CCC2(C(=O)N([C@@H](CO)C(=O)O)C2C)N1C(=O)OC(C)(C)C. The molecule has 6 unspecified atom stereocenters. The third-order valence-corrected chi connectivity index (χ3v) is 11.2. The summed E-state index contributed by atoms with van der Waals surface area (Å²) in [6.45, 7) is 16.7. The van der Waals surface area contributed by atoms with E-state index in [4.69, 9.17) is 9.47 Å². The number of halogens is 1. The average molecular weight is 792 g/mol. The zero-order valence-electron chi connectivity index (χ0n) is 34.0. The van der Waals surface area contributed by atoms with Crippen LogP contribution in [0, 0.1) is 5.82 Å². The molecule has 4 heterocycles. The zero-order valence-corrected chi connectivity index (χ0v) is 34.0. The molecule has 5 amide bonds. The van der Waals surface area contributed by atoms with Gasteiger partial charge in [-0.05, 0) is 113 Å². The van der Waals surface area contributed by atoms with Gasteiger partial charge >= 0.3 is 18.2 Å². The summed E-state index contributed by atoms with van der Waals surface area (Å²) in [6.07, 6.45) is 1.09. The van der Waals surface area contributed by atoms with Gasteiger partial charge in [-0.15, -0.1) is 0 Å². The quantitative estimate of drug-likeness (QED) is 0.282. The van der Waals surface area contributed by atoms with Crippen LogP contribution in [0.15, 0.2) is 24.3 Å². The number of carbonyl (C=O) groups is 6. The molecular weight excluding hydrogens is 733 g/mol. The van der Waals surface area contributed by atoms with Crippen molar-refractivity contribution in [3.63, 3.8) is 0 Å². The van der Waals surface area contributed by atoms with Crippen LogP contribution in [0.4, 0.5) is 14.0 Å². The molecule has 5 rings (SSSR count). The molecule has 4 N–H and O–H groups in total. The Balaban J connectivity index is 0.000000259. The second-order valence-corrected chi connectivity index (χ2v) is 17.2. The van der Waals surface area contributed by atoms with E-state index in [2.05, 4.69) is 5.32 Å². The first kappa shape index (κ1) is 44.2. The Kier molecular flexibility index (Phi) is 12.8. The summed E-state index contributed by atoms with van der Waals surface area (Å²) in [7, 11) is 0. The highest BCUT2D eigenvalue weighted by Gasteiger charge is 2.70. The van der Waals surface area contributed by atoms with E-state index in [1.54, 1.807) is 67.5 Å². The van der Waals surface area contributed by atoms with E-state index in [1.165, 1.54) is 26.8 Å². The molecule has 8 atom stereocenters. The molecule has 0 bridgehead atoms. The van der Waals surface area contributed by atoms with E-state index < -0.39 is 89.6 Å². The summed E-state index contributed by atoms with van der Waals surface area (Å²) in [5.41, 5.74) is -2.86. The fourth-order valence-corrected chi connectivity index (χ4v) is 8.49. The van der Waals surface area contributed by atoms with Gasteiger partial charge in [0.05, 0.1) is 25.3 Å². The first-order valence-corrected chi connectivity index (χ1v) is 19.1. The molecule has 4 aliphatic heterocycles. The van der Waals surface area contributed by atoms with E-state index in [0.717, 1.165) is 4.90 Å². The van der Waals surface area contributed by atoms with Gasteiger partial charge in [0.25, 0.3) is 11.8 Å². The number of carboxylic acid groups (broad SMARTS) is 1. The number of β-lactam (4-membered cyclic amide) rings is 2. The molecule has 17 heteroatoms. The van der Waals surface area contributed by atoms with Gasteiger partial charge in [0.15, 0.2) is 6.04 Å². The Morgan fingerprint density at radius 3 is 1.50 bits per heavy atom. The highest BCUT2D eigenvalue weighted by molar-refractivity contribution is 6.01. The molecule has 0 aromatic heterocycles. The molecule has 56 heavy (non-hydrogen) atoms. The predicted molar refractivity (Wildman–Crippen MR) is 199 cm³/mol. The lowest BCUT2D eigenvalue weighted by atomic mass is 9.76. The Morgan fingerprint density at radius 1 is 0.768 bits per heavy atom. The van der Waals surface area contributed by atoms with Gasteiger partial charge in [-0.2, -0.15) is 0 Å². The Labute approximate surface area is 327 Å². The maximum atomic E-state index is 13.4. The normalized spacial score (nSPS) is 28.3. The van der Waals surface area contributed by atoms with Gasteiger partial charge in [-0.1, -0.05) is 12.1 Å². The van der Waals surface area contributed by atoms with E-state index in [9.17, 15) is 48.5 Å². The number of aliphatic hydroxyl groups excluding tert-OH is 2. The predicted octanol–water partition coefficient (Wildman–Crippen LogP) is 3.01. The Hall–Kier alpha value is -4.51. The Morgan fingerprint density at radius 2 is 1.16 bits per heavy atom. The highest BCUT2D eigenvalue weighted by Crippen LogP contribution is 2.49. The fraction of sp³-hybridized carbons (Fsp3) is 0.692. The number of aliphatic carboxylic acids is 1. The third kappa shape index (κ3) is 8.02. The molecule has 2 spiro atoms. The average Bonchev–Trinajstić information content (AvgIpc) is 3.67. The van der Waals surface area contributed by atoms with Crippen LogP contribution in [-0.4, -0.2) is 143 Å². The minimum absolute atomic E-state index is 0.137. The molecule has 0 aliphatic carbocycles. The van der Waals surface area contributed by atoms with Gasteiger partial charge in [0.2, 0.25) is 5.91 Å². The summed E-state index contributed by atoms with van der Waals surface area (Å²) in [5, 5.41) is 31.1. The van der Waals surface area contributed by atoms with Crippen molar-refractivity contribution in [2.45, 2.75) is 160 Å². The fourth-order valence-electron chi connectivity index (χ4n) is 8.49. The maximum absolute atomic E-state index is 13.4. The van der Waals surface area contributed by atoms with Crippen molar-refractivity contribution in [2.75, 3.05) is 13.2 Å². The molecule has 1 aromatic carbocycles. The number of nitrogens with one attached hydrogen (secondary N) is 1. The minimum atomic E-state index is -1.30. The summed E-state index contributed by atoms with van der Waals surface area (Å²) in [4.78, 5) is 81.2. The molecule has 1 aromatic rings. The molecule has 4 saturated heterocycles. The van der Waals surface area contributed by atoms with Crippen LogP contribution in [0.3, 0.4) is 0 Å². The van der Waals surface area contributed by atoms with E-state index in [0.29, 0.717) is 31.2 Å². The molecule has 16 nitrogen and oxygen atoms in total. The second kappa shape index (κ2) is 16.2.